The zero-order valence-electron chi connectivity index (χ0n) is 9.07. The Hall–Kier alpha value is -0.320. The first-order valence-corrected chi connectivity index (χ1v) is 5.31. The Balaban J connectivity index is 0.00000196. The Kier molecular flexibility index (Phi) is 7.74. The van der Waals surface area contributed by atoms with Gasteiger partial charge in [-0.15, -0.1) is 12.4 Å². The van der Waals surface area contributed by atoms with Crippen molar-refractivity contribution in [1.29, 1.82) is 0 Å². The van der Waals surface area contributed by atoms with Crippen molar-refractivity contribution in [2.45, 2.75) is 44.8 Å². The van der Waals surface area contributed by atoms with Gasteiger partial charge in [-0.2, -0.15) is 0 Å². The quantitative estimate of drug-likeness (QED) is 0.703. The van der Waals surface area contributed by atoms with E-state index >= 15 is 0 Å². The third-order valence-electron chi connectivity index (χ3n) is 2.56. The molecule has 0 aromatic heterocycles. The fraction of sp³-hybridized carbons (Fsp3) is 0.900. The molecule has 1 saturated carbocycles. The first-order valence-electron chi connectivity index (χ1n) is 5.31. The molecule has 1 atom stereocenters. The Labute approximate surface area is 96.8 Å². The van der Waals surface area contributed by atoms with Crippen molar-refractivity contribution >= 4 is 18.4 Å². The monoisotopic (exact) mass is 237 g/mol. The maximum atomic E-state index is 10.7. The molecule has 1 aliphatic carbocycles. The van der Waals surface area contributed by atoms with Gasteiger partial charge in [0, 0.05) is 6.61 Å². The first kappa shape index (κ1) is 14.7. The highest BCUT2D eigenvalue weighted by Crippen LogP contribution is 2.21. The summed E-state index contributed by atoms with van der Waals surface area (Å²) in [5.74, 6) is -0.788. The van der Waals surface area contributed by atoms with Gasteiger partial charge in [0.1, 0.15) is 6.04 Å². The van der Waals surface area contributed by atoms with Crippen molar-refractivity contribution in [2.75, 3.05) is 13.2 Å². The SMILES string of the molecule is CCN[C@@H](CCOC1CCC1)C(=O)O.Cl. The topological polar surface area (TPSA) is 58.6 Å². The van der Waals surface area contributed by atoms with Crippen LogP contribution in [0.3, 0.4) is 0 Å². The number of halogens is 1. The summed E-state index contributed by atoms with van der Waals surface area (Å²) in [5.41, 5.74) is 0. The number of likely N-dealkylation sites (N-methyl/N-ethyl adjacent to an activating group) is 1. The second kappa shape index (κ2) is 7.91. The Morgan fingerprint density at radius 3 is 2.67 bits per heavy atom. The zero-order chi connectivity index (χ0) is 10.4. The Bertz CT molecular complexity index is 186. The van der Waals surface area contributed by atoms with Gasteiger partial charge in [-0.25, -0.2) is 0 Å². The minimum Gasteiger partial charge on any atom is -0.480 e. The lowest BCUT2D eigenvalue weighted by molar-refractivity contribution is -0.140. The number of ether oxygens (including phenoxy) is 1. The van der Waals surface area contributed by atoms with Gasteiger partial charge in [0.2, 0.25) is 0 Å². The van der Waals surface area contributed by atoms with Crippen molar-refractivity contribution in [2.24, 2.45) is 0 Å². The van der Waals surface area contributed by atoms with Crippen molar-refractivity contribution in [3.05, 3.63) is 0 Å². The molecule has 1 aliphatic rings. The van der Waals surface area contributed by atoms with Gasteiger partial charge >= 0.3 is 5.97 Å². The van der Waals surface area contributed by atoms with Gasteiger partial charge in [-0.3, -0.25) is 4.79 Å². The first-order chi connectivity index (χ1) is 6.74. The lowest BCUT2D eigenvalue weighted by Crippen LogP contribution is -2.38. The number of carboxylic acid groups (broad SMARTS) is 1. The predicted octanol–water partition coefficient (Wildman–Crippen LogP) is 1.43. The fourth-order valence-electron chi connectivity index (χ4n) is 1.45. The lowest BCUT2D eigenvalue weighted by atomic mass is 9.96. The molecular formula is C10H20ClNO3. The fourth-order valence-corrected chi connectivity index (χ4v) is 1.45. The van der Waals surface area contributed by atoms with Crippen molar-refractivity contribution in [1.82, 2.24) is 5.32 Å². The molecule has 4 nitrogen and oxygen atoms in total. The minimum absolute atomic E-state index is 0. The molecular weight excluding hydrogens is 218 g/mol. The van der Waals surface area contributed by atoms with Gasteiger partial charge in [0.05, 0.1) is 6.10 Å². The zero-order valence-corrected chi connectivity index (χ0v) is 9.89. The van der Waals surface area contributed by atoms with E-state index in [9.17, 15) is 4.79 Å². The van der Waals surface area contributed by atoms with Crippen LogP contribution >= 0.6 is 12.4 Å². The smallest absolute Gasteiger partial charge is 0.320 e. The third-order valence-corrected chi connectivity index (χ3v) is 2.56. The molecule has 0 amide bonds. The molecule has 0 aromatic rings. The van der Waals surface area contributed by atoms with Crippen LogP contribution in [0.5, 0.6) is 0 Å². The number of rotatable bonds is 7. The molecule has 15 heavy (non-hydrogen) atoms. The molecule has 1 fully saturated rings. The Morgan fingerprint density at radius 2 is 2.27 bits per heavy atom. The third kappa shape index (κ3) is 5.35. The summed E-state index contributed by atoms with van der Waals surface area (Å²) in [6.45, 7) is 3.14. The van der Waals surface area contributed by atoms with E-state index in [0.717, 1.165) is 12.8 Å². The van der Waals surface area contributed by atoms with Crippen LogP contribution in [-0.2, 0) is 9.53 Å². The molecule has 0 saturated heterocycles. The van der Waals surface area contributed by atoms with Crippen molar-refractivity contribution < 1.29 is 14.6 Å². The molecule has 0 bridgehead atoms. The molecule has 0 aliphatic heterocycles. The number of hydrogen-bond donors (Lipinski definition) is 2. The van der Waals surface area contributed by atoms with Gasteiger partial charge in [0.25, 0.3) is 0 Å². The molecule has 5 heteroatoms. The van der Waals surface area contributed by atoms with E-state index in [2.05, 4.69) is 5.32 Å². The van der Waals surface area contributed by atoms with E-state index in [-0.39, 0.29) is 12.4 Å². The highest BCUT2D eigenvalue weighted by molar-refractivity contribution is 5.85. The molecule has 0 heterocycles. The van der Waals surface area contributed by atoms with E-state index in [0.29, 0.717) is 25.7 Å². The minimum atomic E-state index is -0.788. The summed E-state index contributed by atoms with van der Waals surface area (Å²) in [5, 5.41) is 11.7. The van der Waals surface area contributed by atoms with Crippen LogP contribution in [0, 0.1) is 0 Å². The summed E-state index contributed by atoms with van der Waals surface area (Å²) in [7, 11) is 0. The van der Waals surface area contributed by atoms with E-state index in [4.69, 9.17) is 9.84 Å². The summed E-state index contributed by atoms with van der Waals surface area (Å²) in [4.78, 5) is 10.7. The van der Waals surface area contributed by atoms with Crippen LogP contribution in [-0.4, -0.2) is 36.4 Å². The van der Waals surface area contributed by atoms with Crippen molar-refractivity contribution in [3.63, 3.8) is 0 Å². The summed E-state index contributed by atoms with van der Waals surface area (Å²) in [6.07, 6.45) is 4.48. The molecule has 0 unspecified atom stereocenters. The lowest BCUT2D eigenvalue weighted by Gasteiger charge is -2.26. The largest absolute Gasteiger partial charge is 0.480 e. The maximum Gasteiger partial charge on any atom is 0.320 e. The highest BCUT2D eigenvalue weighted by atomic mass is 35.5. The normalized spacial score (nSPS) is 17.7. The van der Waals surface area contributed by atoms with Gasteiger partial charge in [-0.05, 0) is 32.2 Å². The van der Waals surface area contributed by atoms with Crippen molar-refractivity contribution in [3.8, 4) is 0 Å². The highest BCUT2D eigenvalue weighted by Gasteiger charge is 2.20. The summed E-state index contributed by atoms with van der Waals surface area (Å²) < 4.78 is 5.50. The van der Waals surface area contributed by atoms with Crippen LogP contribution in [0.2, 0.25) is 0 Å². The Morgan fingerprint density at radius 1 is 1.60 bits per heavy atom. The molecule has 0 aromatic carbocycles. The maximum absolute atomic E-state index is 10.7. The second-order valence-electron chi connectivity index (χ2n) is 3.66. The number of aliphatic carboxylic acids is 1. The molecule has 2 N–H and O–H groups in total. The second-order valence-corrected chi connectivity index (χ2v) is 3.66. The van der Waals surface area contributed by atoms with Gasteiger partial charge in [-0.1, -0.05) is 6.92 Å². The standard InChI is InChI=1S/C10H19NO3.ClH/c1-2-11-9(10(12)13)6-7-14-8-4-3-5-8;/h8-9,11H,2-7H2,1H3,(H,12,13);1H/t9-;/m0./s1. The molecule has 0 spiro atoms. The number of nitrogens with one attached hydrogen (secondary N) is 1. The summed E-state index contributed by atoms with van der Waals surface area (Å²) >= 11 is 0. The van der Waals surface area contributed by atoms with E-state index in [1.54, 1.807) is 0 Å². The average molecular weight is 238 g/mol. The average Bonchev–Trinajstić information content (AvgIpc) is 2.06. The van der Waals surface area contributed by atoms with Gasteiger partial charge in [0.15, 0.2) is 0 Å². The molecule has 90 valence electrons. The van der Waals surface area contributed by atoms with Crippen LogP contribution in [0.1, 0.15) is 32.6 Å². The van der Waals surface area contributed by atoms with Crippen LogP contribution in [0.25, 0.3) is 0 Å². The predicted molar refractivity (Wildman–Crippen MR) is 60.6 cm³/mol. The van der Waals surface area contributed by atoms with Crippen LogP contribution in [0.15, 0.2) is 0 Å². The van der Waals surface area contributed by atoms with E-state index < -0.39 is 12.0 Å². The number of carboxylic acids is 1. The summed E-state index contributed by atoms with van der Waals surface area (Å²) in [6, 6.07) is -0.458. The van der Waals surface area contributed by atoms with Crippen LogP contribution in [0.4, 0.5) is 0 Å². The van der Waals surface area contributed by atoms with E-state index in [1.165, 1.54) is 6.42 Å². The number of carbonyl (C=O) groups is 1. The van der Waals surface area contributed by atoms with Crippen LogP contribution < -0.4 is 5.32 Å². The van der Waals surface area contributed by atoms with E-state index in [1.807, 2.05) is 6.92 Å². The molecule has 1 rings (SSSR count). The van der Waals surface area contributed by atoms with Gasteiger partial charge < -0.3 is 15.2 Å². The molecule has 0 radical (unpaired) electrons. The number of hydrogen-bond acceptors (Lipinski definition) is 3.